The lowest BCUT2D eigenvalue weighted by atomic mass is 10.0. The topological polar surface area (TPSA) is 102 Å². The number of aromatic amines is 1. The maximum Gasteiger partial charge on any atom is 0.323 e. The van der Waals surface area contributed by atoms with Crippen molar-refractivity contribution < 1.29 is 19.5 Å². The number of carboxylic acid groups (broad SMARTS) is 1. The highest BCUT2D eigenvalue weighted by atomic mass is 16.4. The number of carboxylic acids is 1. The second-order valence-corrected chi connectivity index (χ2v) is 8.03. The van der Waals surface area contributed by atoms with Crippen molar-refractivity contribution in [1.29, 1.82) is 0 Å². The first-order valence-electron chi connectivity index (χ1n) is 11.0. The van der Waals surface area contributed by atoms with Crippen LogP contribution in [0.3, 0.4) is 0 Å². The molecule has 3 N–H and O–H groups in total. The molecule has 1 atom stereocenters. The molecule has 0 bridgehead atoms. The summed E-state index contributed by atoms with van der Waals surface area (Å²) in [6.07, 6.45) is 2.03. The monoisotopic (exact) mass is 455 g/mol. The van der Waals surface area contributed by atoms with Crippen molar-refractivity contribution in [3.8, 4) is 0 Å². The second kappa shape index (κ2) is 10.5. The number of para-hydroxylation sites is 1. The van der Waals surface area contributed by atoms with Crippen LogP contribution in [0, 0.1) is 0 Å². The number of hydrogen-bond acceptors (Lipinski definition) is 3. The number of H-pyrrole nitrogens is 1. The van der Waals surface area contributed by atoms with Gasteiger partial charge in [-0.2, -0.15) is 0 Å². The Bertz CT molecular complexity index is 1290. The van der Waals surface area contributed by atoms with Gasteiger partial charge in [-0.3, -0.25) is 14.4 Å². The highest BCUT2D eigenvalue weighted by Crippen LogP contribution is 2.20. The number of nitrogens with zero attached hydrogens (tertiary/aromatic N) is 1. The van der Waals surface area contributed by atoms with E-state index in [1.54, 1.807) is 30.3 Å². The summed E-state index contributed by atoms with van der Waals surface area (Å²) in [4.78, 5) is 42.6. The van der Waals surface area contributed by atoms with Crippen molar-refractivity contribution in [3.63, 3.8) is 0 Å². The Morgan fingerprint density at radius 1 is 0.882 bits per heavy atom. The van der Waals surface area contributed by atoms with Crippen molar-refractivity contribution in [1.82, 2.24) is 15.2 Å². The summed E-state index contributed by atoms with van der Waals surface area (Å²) < 4.78 is 0. The van der Waals surface area contributed by atoms with Gasteiger partial charge < -0.3 is 20.3 Å². The minimum Gasteiger partial charge on any atom is -0.480 e. The molecule has 172 valence electrons. The Morgan fingerprint density at radius 2 is 1.53 bits per heavy atom. The molecule has 0 radical (unpaired) electrons. The lowest BCUT2D eigenvalue weighted by Crippen LogP contribution is -2.50. The SMILES string of the molecule is O=C(O)CN(Cc1ccccc1)C(=O)[C@H](Cc1c[nH]c2ccccc12)NC(=O)c1ccccc1. The Kier molecular flexibility index (Phi) is 7.03. The Morgan fingerprint density at radius 3 is 2.24 bits per heavy atom. The molecule has 0 aliphatic carbocycles. The Labute approximate surface area is 197 Å². The van der Waals surface area contributed by atoms with Crippen LogP contribution in [0.15, 0.2) is 91.1 Å². The largest absolute Gasteiger partial charge is 0.480 e. The van der Waals surface area contributed by atoms with E-state index < -0.39 is 30.4 Å². The Balaban J connectivity index is 1.64. The lowest BCUT2D eigenvalue weighted by Gasteiger charge is -2.27. The number of fused-ring (bicyclic) bond motifs is 1. The van der Waals surface area contributed by atoms with Crippen molar-refractivity contribution >= 4 is 28.7 Å². The molecular weight excluding hydrogens is 430 g/mol. The van der Waals surface area contributed by atoms with E-state index in [2.05, 4.69) is 10.3 Å². The first-order valence-corrected chi connectivity index (χ1v) is 11.0. The molecule has 1 aromatic heterocycles. The molecule has 0 aliphatic rings. The molecule has 0 fully saturated rings. The Hall–Kier alpha value is -4.39. The number of nitrogens with one attached hydrogen (secondary N) is 2. The molecule has 4 aromatic rings. The van der Waals surface area contributed by atoms with Gasteiger partial charge in [-0.15, -0.1) is 0 Å². The van der Waals surface area contributed by atoms with Gasteiger partial charge in [-0.25, -0.2) is 0 Å². The van der Waals surface area contributed by atoms with E-state index in [9.17, 15) is 19.5 Å². The predicted octanol–water partition coefficient (Wildman–Crippen LogP) is 3.62. The van der Waals surface area contributed by atoms with Crippen molar-refractivity contribution in [3.05, 3.63) is 108 Å². The van der Waals surface area contributed by atoms with Crippen LogP contribution in [0.4, 0.5) is 0 Å². The normalized spacial score (nSPS) is 11.6. The summed E-state index contributed by atoms with van der Waals surface area (Å²) in [5, 5.41) is 13.2. The van der Waals surface area contributed by atoms with Crippen LogP contribution in [0.25, 0.3) is 10.9 Å². The third-order valence-electron chi connectivity index (χ3n) is 5.59. The quantitative estimate of drug-likeness (QED) is 0.359. The number of carbonyl (C=O) groups is 3. The average Bonchev–Trinajstić information content (AvgIpc) is 3.26. The van der Waals surface area contributed by atoms with E-state index in [0.717, 1.165) is 22.0 Å². The van der Waals surface area contributed by atoms with Crippen LogP contribution in [0.2, 0.25) is 0 Å². The fourth-order valence-corrected chi connectivity index (χ4v) is 3.95. The molecule has 1 heterocycles. The van der Waals surface area contributed by atoms with Gasteiger partial charge in [0.1, 0.15) is 12.6 Å². The summed E-state index contributed by atoms with van der Waals surface area (Å²) in [6, 6.07) is 24.6. The number of aliphatic carboxylic acids is 1. The number of aromatic nitrogens is 1. The summed E-state index contributed by atoms with van der Waals surface area (Å²) >= 11 is 0. The number of hydrogen-bond donors (Lipinski definition) is 3. The highest BCUT2D eigenvalue weighted by molar-refractivity contribution is 5.98. The molecule has 0 saturated carbocycles. The third-order valence-corrected chi connectivity index (χ3v) is 5.59. The zero-order chi connectivity index (χ0) is 23.9. The molecule has 0 saturated heterocycles. The molecule has 34 heavy (non-hydrogen) atoms. The van der Waals surface area contributed by atoms with Crippen LogP contribution in [0.5, 0.6) is 0 Å². The van der Waals surface area contributed by atoms with Crippen molar-refractivity contribution in [2.75, 3.05) is 6.54 Å². The van der Waals surface area contributed by atoms with Crippen LogP contribution in [-0.4, -0.2) is 45.4 Å². The predicted molar refractivity (Wildman–Crippen MR) is 129 cm³/mol. The molecule has 7 heteroatoms. The van der Waals surface area contributed by atoms with Gasteiger partial charge in [0.2, 0.25) is 5.91 Å². The van der Waals surface area contributed by atoms with Crippen LogP contribution < -0.4 is 5.32 Å². The van der Waals surface area contributed by atoms with Gasteiger partial charge in [-0.05, 0) is 29.3 Å². The molecule has 3 aromatic carbocycles. The van der Waals surface area contributed by atoms with Gasteiger partial charge in [0.05, 0.1) is 0 Å². The smallest absolute Gasteiger partial charge is 0.323 e. The summed E-state index contributed by atoms with van der Waals surface area (Å²) in [7, 11) is 0. The van der Waals surface area contributed by atoms with Crippen LogP contribution >= 0.6 is 0 Å². The minimum atomic E-state index is -1.12. The third kappa shape index (κ3) is 5.50. The number of benzene rings is 3. The molecule has 0 unspecified atom stereocenters. The zero-order valence-electron chi connectivity index (χ0n) is 18.5. The van der Waals surface area contributed by atoms with E-state index >= 15 is 0 Å². The lowest BCUT2D eigenvalue weighted by molar-refractivity contribution is -0.145. The fourth-order valence-electron chi connectivity index (χ4n) is 3.95. The number of amides is 2. The molecule has 0 aliphatic heterocycles. The summed E-state index contributed by atoms with van der Waals surface area (Å²) in [5.41, 5.74) is 3.01. The van der Waals surface area contributed by atoms with Gasteiger partial charge >= 0.3 is 5.97 Å². The maximum atomic E-state index is 13.7. The second-order valence-electron chi connectivity index (χ2n) is 8.03. The van der Waals surface area contributed by atoms with Crippen LogP contribution in [0.1, 0.15) is 21.5 Å². The van der Waals surface area contributed by atoms with Gasteiger partial charge in [0.15, 0.2) is 0 Å². The van der Waals surface area contributed by atoms with E-state index in [4.69, 9.17) is 0 Å². The molecule has 0 spiro atoms. The molecular formula is C27H25N3O4. The highest BCUT2D eigenvalue weighted by Gasteiger charge is 2.29. The van der Waals surface area contributed by atoms with Crippen LogP contribution in [-0.2, 0) is 22.6 Å². The minimum absolute atomic E-state index is 0.123. The zero-order valence-corrected chi connectivity index (χ0v) is 18.5. The van der Waals surface area contributed by atoms with Gasteiger partial charge in [0.25, 0.3) is 5.91 Å². The van der Waals surface area contributed by atoms with E-state index in [0.29, 0.717) is 5.56 Å². The van der Waals surface area contributed by atoms with Gasteiger partial charge in [-0.1, -0.05) is 66.7 Å². The first kappa shape index (κ1) is 22.8. The first-order chi connectivity index (χ1) is 16.5. The standard InChI is InChI=1S/C27H25N3O4/c31-25(32)18-30(17-19-9-3-1-4-10-19)27(34)24(29-26(33)20-11-5-2-6-12-20)15-21-16-28-23-14-8-7-13-22(21)23/h1-14,16,24,28H,15,17-18H2,(H,29,33)(H,31,32)/t24-/m0/s1. The fraction of sp³-hybridized carbons (Fsp3) is 0.148. The molecule has 2 amide bonds. The molecule has 7 nitrogen and oxygen atoms in total. The van der Waals surface area contributed by atoms with E-state index in [-0.39, 0.29) is 13.0 Å². The van der Waals surface area contributed by atoms with E-state index in [1.165, 1.54) is 4.90 Å². The number of carbonyl (C=O) groups excluding carboxylic acids is 2. The average molecular weight is 456 g/mol. The summed E-state index contributed by atoms with van der Waals surface area (Å²) in [6.45, 7) is -0.350. The van der Waals surface area contributed by atoms with Gasteiger partial charge in [0, 0.05) is 35.6 Å². The molecule has 4 rings (SSSR count). The number of rotatable bonds is 9. The van der Waals surface area contributed by atoms with Crippen molar-refractivity contribution in [2.45, 2.75) is 19.0 Å². The summed E-state index contributed by atoms with van der Waals surface area (Å²) in [5.74, 6) is -1.97. The maximum absolute atomic E-state index is 13.7. The van der Waals surface area contributed by atoms with Crippen molar-refractivity contribution in [2.24, 2.45) is 0 Å². The van der Waals surface area contributed by atoms with E-state index in [1.807, 2.05) is 60.8 Å².